The highest BCUT2D eigenvalue weighted by atomic mass is 35.5. The van der Waals surface area contributed by atoms with Crippen molar-refractivity contribution in [1.29, 1.82) is 5.41 Å². The monoisotopic (exact) mass is 498 g/mol. The summed E-state index contributed by atoms with van der Waals surface area (Å²) in [5.41, 5.74) is 7.91. The van der Waals surface area contributed by atoms with Crippen molar-refractivity contribution in [2.24, 2.45) is 0 Å². The molecule has 0 radical (unpaired) electrons. The number of ether oxygens (including phenoxy) is 2. The molecule has 2 aliphatic rings. The second kappa shape index (κ2) is 8.75. The van der Waals surface area contributed by atoms with Gasteiger partial charge in [0.15, 0.2) is 5.60 Å². The van der Waals surface area contributed by atoms with E-state index in [1.165, 1.54) is 17.3 Å². The van der Waals surface area contributed by atoms with Gasteiger partial charge < -0.3 is 20.5 Å². The van der Waals surface area contributed by atoms with Gasteiger partial charge >= 0.3 is 6.09 Å². The Morgan fingerprint density at radius 1 is 1.21 bits per heavy atom. The number of nitrogens with zero attached hydrogens (tertiary/aromatic N) is 3. The first-order chi connectivity index (χ1) is 16.3. The highest BCUT2D eigenvalue weighted by Crippen LogP contribution is 2.31. The minimum atomic E-state index is -0.469. The fourth-order valence-corrected chi connectivity index (χ4v) is 4.28. The number of rotatable bonds is 6. The molecule has 2 aromatic heterocycles. The lowest BCUT2D eigenvalue weighted by Gasteiger charge is -2.36. The summed E-state index contributed by atoms with van der Waals surface area (Å²) in [6.07, 6.45) is 4.12. The van der Waals surface area contributed by atoms with Crippen LogP contribution in [0, 0.1) is 5.41 Å². The van der Waals surface area contributed by atoms with Crippen molar-refractivity contribution in [1.82, 2.24) is 15.3 Å². The lowest BCUT2D eigenvalue weighted by molar-refractivity contribution is 0.0142. The summed E-state index contributed by atoms with van der Waals surface area (Å²) in [6, 6.07) is 8.48. The van der Waals surface area contributed by atoms with Crippen LogP contribution in [-0.4, -0.2) is 47.0 Å². The number of carbonyl (C=O) groups is 1. The van der Waals surface area contributed by atoms with Crippen molar-refractivity contribution in [2.45, 2.75) is 12.2 Å². The lowest BCUT2D eigenvalue weighted by atomic mass is 9.97. The van der Waals surface area contributed by atoms with Gasteiger partial charge in [0.05, 0.1) is 22.3 Å². The van der Waals surface area contributed by atoms with E-state index in [2.05, 4.69) is 15.3 Å². The molecular formula is C23H20Cl2N6O3. The number of nitrogens with two attached hydrogens (primary N) is 1. The van der Waals surface area contributed by atoms with Crippen LogP contribution in [0.15, 0.2) is 48.9 Å². The van der Waals surface area contributed by atoms with E-state index in [-0.39, 0.29) is 12.3 Å². The van der Waals surface area contributed by atoms with Gasteiger partial charge in [0.25, 0.3) is 0 Å². The normalized spacial score (nSPS) is 16.3. The molecule has 1 aromatic carbocycles. The van der Waals surface area contributed by atoms with Gasteiger partial charge in [-0.15, -0.1) is 0 Å². The maximum Gasteiger partial charge on any atom is 0.416 e. The van der Waals surface area contributed by atoms with Gasteiger partial charge in [-0.1, -0.05) is 23.2 Å². The van der Waals surface area contributed by atoms with Crippen LogP contribution in [-0.2, 0) is 11.3 Å². The number of anilines is 2. The molecule has 9 nitrogen and oxygen atoms in total. The number of aromatic nitrogens is 2. The van der Waals surface area contributed by atoms with Gasteiger partial charge in [-0.3, -0.25) is 15.3 Å². The zero-order valence-electron chi connectivity index (χ0n) is 17.8. The number of hydrogen-bond acceptors (Lipinski definition) is 8. The Kier molecular flexibility index (Phi) is 5.76. The minimum absolute atomic E-state index is 0.135. The van der Waals surface area contributed by atoms with Crippen molar-refractivity contribution in [3.05, 3.63) is 75.7 Å². The van der Waals surface area contributed by atoms with E-state index in [0.29, 0.717) is 63.6 Å². The van der Waals surface area contributed by atoms with Crippen molar-refractivity contribution < 1.29 is 14.3 Å². The zero-order valence-corrected chi connectivity index (χ0v) is 19.4. The fourth-order valence-electron chi connectivity index (χ4n) is 3.81. The first kappa shape index (κ1) is 22.4. The lowest BCUT2D eigenvalue weighted by Crippen LogP contribution is -2.61. The maximum absolute atomic E-state index is 12.3. The second-order valence-corrected chi connectivity index (χ2v) is 8.95. The number of amides is 1. The molecule has 0 aliphatic carbocycles. The Bertz CT molecular complexity index is 1260. The Balaban J connectivity index is 1.32. The average Bonchev–Trinajstić information content (AvgIpc) is 3.18. The third-order valence-electron chi connectivity index (χ3n) is 5.81. The van der Waals surface area contributed by atoms with Crippen LogP contribution < -0.4 is 20.7 Å². The third-order valence-corrected chi connectivity index (χ3v) is 6.46. The van der Waals surface area contributed by atoms with Gasteiger partial charge in [-0.25, -0.2) is 9.78 Å². The van der Waals surface area contributed by atoms with Gasteiger partial charge in [-0.05, 0) is 30.3 Å². The molecule has 0 atom stereocenters. The van der Waals surface area contributed by atoms with Gasteiger partial charge in [0, 0.05) is 54.1 Å². The Morgan fingerprint density at radius 2 is 1.97 bits per heavy atom. The summed E-state index contributed by atoms with van der Waals surface area (Å²) in [5.74, 6) is 0.975. The molecular weight excluding hydrogens is 479 g/mol. The molecule has 2 aliphatic heterocycles. The number of carbonyl (C=O) groups excluding carboxylic acids is 1. The Hall–Kier alpha value is -3.40. The van der Waals surface area contributed by atoms with Crippen LogP contribution >= 0.6 is 23.2 Å². The van der Waals surface area contributed by atoms with Crippen LogP contribution in [0.1, 0.15) is 16.7 Å². The minimum Gasteiger partial charge on any atom is -0.489 e. The standard InChI is InChI=1S/C23H20Cl2N6O3/c24-17-7-28-8-18(25)16(17)9-33-14-2-3-19(26)15(5-14)21(27)13-1-4-20(30-6-13)31-12-23(10-29-11-23)34-22(31)32/h1-8,27,29H,9-12,26H2. The molecule has 4 N–H and O–H groups in total. The molecule has 2 saturated heterocycles. The van der Waals surface area contributed by atoms with Gasteiger partial charge in [0.1, 0.15) is 18.2 Å². The van der Waals surface area contributed by atoms with Gasteiger partial charge in [-0.2, -0.15) is 0 Å². The van der Waals surface area contributed by atoms with Crippen LogP contribution in [0.4, 0.5) is 16.3 Å². The highest BCUT2D eigenvalue weighted by molar-refractivity contribution is 6.35. The molecule has 34 heavy (non-hydrogen) atoms. The maximum atomic E-state index is 12.3. The van der Waals surface area contributed by atoms with Crippen LogP contribution in [0.25, 0.3) is 0 Å². The number of nitrogens with one attached hydrogen (secondary N) is 2. The molecule has 3 aromatic rings. The first-order valence-electron chi connectivity index (χ1n) is 10.4. The van der Waals surface area contributed by atoms with E-state index >= 15 is 0 Å². The molecule has 0 unspecified atom stereocenters. The smallest absolute Gasteiger partial charge is 0.416 e. The van der Waals surface area contributed by atoms with Crippen molar-refractivity contribution in [3.63, 3.8) is 0 Å². The molecule has 1 amide bonds. The van der Waals surface area contributed by atoms with Crippen LogP contribution in [0.5, 0.6) is 5.75 Å². The summed E-state index contributed by atoms with van der Waals surface area (Å²) in [6.45, 7) is 1.85. The van der Waals surface area contributed by atoms with E-state index < -0.39 is 11.7 Å². The summed E-state index contributed by atoms with van der Waals surface area (Å²) in [4.78, 5) is 22.1. The molecule has 174 valence electrons. The number of halogens is 2. The number of benzene rings is 1. The first-order valence-corrected chi connectivity index (χ1v) is 11.2. The van der Waals surface area contributed by atoms with E-state index in [0.717, 1.165) is 0 Å². The Labute approximate surface area is 205 Å². The van der Waals surface area contributed by atoms with E-state index in [1.807, 2.05) is 0 Å². The van der Waals surface area contributed by atoms with Crippen molar-refractivity contribution >= 4 is 46.5 Å². The number of nitrogen functional groups attached to an aromatic ring is 1. The topological polar surface area (TPSA) is 126 Å². The quantitative estimate of drug-likeness (QED) is 0.349. The second-order valence-electron chi connectivity index (χ2n) is 8.14. The molecule has 0 bridgehead atoms. The van der Waals surface area contributed by atoms with Crippen LogP contribution in [0.2, 0.25) is 10.0 Å². The molecule has 5 rings (SSSR count). The van der Waals surface area contributed by atoms with Crippen molar-refractivity contribution in [3.8, 4) is 5.75 Å². The van der Waals surface area contributed by atoms with E-state index in [9.17, 15) is 4.79 Å². The third kappa shape index (κ3) is 4.13. The SMILES string of the molecule is N=C(c1ccc(N2CC3(CNC3)OC2=O)nc1)c1cc(OCc2c(Cl)cncc2Cl)ccc1N. The van der Waals surface area contributed by atoms with E-state index in [4.69, 9.17) is 43.8 Å². The van der Waals surface area contributed by atoms with Crippen molar-refractivity contribution in [2.75, 3.05) is 30.3 Å². The molecule has 2 fully saturated rings. The largest absolute Gasteiger partial charge is 0.489 e. The summed E-state index contributed by atoms with van der Waals surface area (Å²) in [7, 11) is 0. The summed E-state index contributed by atoms with van der Waals surface area (Å²) < 4.78 is 11.3. The molecule has 0 saturated carbocycles. The average molecular weight is 499 g/mol. The summed E-state index contributed by atoms with van der Waals surface area (Å²) in [5, 5.41) is 12.6. The summed E-state index contributed by atoms with van der Waals surface area (Å²) >= 11 is 12.3. The van der Waals surface area contributed by atoms with E-state index in [1.54, 1.807) is 36.5 Å². The predicted molar refractivity (Wildman–Crippen MR) is 129 cm³/mol. The molecule has 1 spiro atoms. The van der Waals surface area contributed by atoms with Crippen LogP contribution in [0.3, 0.4) is 0 Å². The highest BCUT2D eigenvalue weighted by Gasteiger charge is 2.50. The molecule has 11 heteroatoms. The van der Waals surface area contributed by atoms with Gasteiger partial charge in [0.2, 0.25) is 0 Å². The Morgan fingerprint density at radius 3 is 2.59 bits per heavy atom. The predicted octanol–water partition coefficient (Wildman–Crippen LogP) is 3.66. The number of pyridine rings is 2. The zero-order chi connectivity index (χ0) is 23.9. The fraction of sp³-hybridized carbons (Fsp3) is 0.217. The molecule has 4 heterocycles. The number of hydrogen-bond donors (Lipinski definition) is 3.